The molecule has 3 rings (SSSR count). The lowest BCUT2D eigenvalue weighted by Gasteiger charge is -2.24. The topological polar surface area (TPSA) is 59.2 Å². The van der Waals surface area contributed by atoms with Gasteiger partial charge in [-0.2, -0.15) is 0 Å². The average molecular weight is 333 g/mol. The summed E-state index contributed by atoms with van der Waals surface area (Å²) in [6.45, 7) is 6.96. The summed E-state index contributed by atoms with van der Waals surface area (Å²) < 4.78 is 0. The summed E-state index contributed by atoms with van der Waals surface area (Å²) in [5.41, 5.74) is 8.84. The number of carbonyl (C=O) groups is 1. The second kappa shape index (κ2) is 6.55. The lowest BCUT2D eigenvalue weighted by molar-refractivity contribution is 0.253. The van der Waals surface area contributed by atoms with Crippen molar-refractivity contribution in [2.24, 2.45) is 5.73 Å². The Labute approximate surface area is 148 Å². The number of benzene rings is 2. The minimum atomic E-state index is -0.467. The first-order valence-electron chi connectivity index (χ1n) is 8.35. The van der Waals surface area contributed by atoms with Crippen molar-refractivity contribution in [3.05, 3.63) is 72.1 Å². The van der Waals surface area contributed by atoms with Crippen LogP contribution < -0.4 is 10.6 Å². The minimum absolute atomic E-state index is 0.0542. The van der Waals surface area contributed by atoms with Crippen LogP contribution >= 0.6 is 0 Å². The summed E-state index contributed by atoms with van der Waals surface area (Å²) in [4.78, 5) is 17.9. The van der Waals surface area contributed by atoms with E-state index in [9.17, 15) is 4.79 Å². The zero-order valence-corrected chi connectivity index (χ0v) is 14.9. The van der Waals surface area contributed by atoms with Gasteiger partial charge < -0.3 is 5.73 Å². The number of pyridine rings is 1. The molecule has 128 valence electrons. The molecule has 0 aliphatic rings. The van der Waals surface area contributed by atoms with Gasteiger partial charge in [-0.25, -0.2) is 4.79 Å². The molecular formula is C21H23N3O. The van der Waals surface area contributed by atoms with E-state index in [1.54, 1.807) is 17.3 Å². The zero-order chi connectivity index (χ0) is 18.0. The van der Waals surface area contributed by atoms with E-state index in [0.717, 1.165) is 22.0 Å². The van der Waals surface area contributed by atoms with Crippen molar-refractivity contribution in [3.63, 3.8) is 0 Å². The monoisotopic (exact) mass is 333 g/mol. The smallest absolute Gasteiger partial charge is 0.319 e. The van der Waals surface area contributed by atoms with Crippen LogP contribution in [0.4, 0.5) is 10.5 Å². The molecule has 0 aliphatic carbocycles. The van der Waals surface area contributed by atoms with Crippen LogP contribution in [0.2, 0.25) is 0 Å². The molecule has 0 saturated carbocycles. The Morgan fingerprint density at radius 3 is 2.60 bits per heavy atom. The molecule has 2 aromatic carbocycles. The van der Waals surface area contributed by atoms with Crippen LogP contribution in [0, 0.1) is 0 Å². The number of rotatable bonds is 3. The fourth-order valence-corrected chi connectivity index (χ4v) is 2.94. The standard InChI is InChI=1S/C21H23N3O/c1-21(2,3)17-8-4-6-15(12-17)14-24(20(22)25)19-9-5-7-16-13-23-11-10-18(16)19/h4-13H,14H2,1-3H3,(H2,22,25). The molecule has 3 aromatic rings. The number of fused-ring (bicyclic) bond motifs is 1. The first-order chi connectivity index (χ1) is 11.9. The summed E-state index contributed by atoms with van der Waals surface area (Å²) in [7, 11) is 0. The van der Waals surface area contributed by atoms with Gasteiger partial charge in [0.05, 0.1) is 12.2 Å². The number of hydrogen-bond donors (Lipinski definition) is 1. The molecule has 0 fully saturated rings. The SMILES string of the molecule is CC(C)(C)c1cccc(CN(C(N)=O)c2cccc3cnccc23)c1. The van der Waals surface area contributed by atoms with Gasteiger partial charge in [0.2, 0.25) is 0 Å². The number of amides is 2. The Bertz CT molecular complexity index is 907. The molecule has 4 heteroatoms. The van der Waals surface area contributed by atoms with Crippen molar-refractivity contribution >= 4 is 22.5 Å². The summed E-state index contributed by atoms with van der Waals surface area (Å²) in [6.07, 6.45) is 3.52. The molecule has 2 amide bonds. The third-order valence-corrected chi connectivity index (χ3v) is 4.35. The fraction of sp³-hybridized carbons (Fsp3) is 0.238. The minimum Gasteiger partial charge on any atom is -0.351 e. The van der Waals surface area contributed by atoms with Gasteiger partial charge in [0.15, 0.2) is 0 Å². The van der Waals surface area contributed by atoms with E-state index >= 15 is 0 Å². The third kappa shape index (κ3) is 3.63. The summed E-state index contributed by atoms with van der Waals surface area (Å²) in [5, 5.41) is 1.94. The van der Waals surface area contributed by atoms with E-state index < -0.39 is 6.03 Å². The van der Waals surface area contributed by atoms with Crippen molar-refractivity contribution in [2.75, 3.05) is 4.90 Å². The number of aromatic nitrogens is 1. The van der Waals surface area contributed by atoms with E-state index in [1.807, 2.05) is 36.4 Å². The lowest BCUT2D eigenvalue weighted by Crippen LogP contribution is -2.35. The van der Waals surface area contributed by atoms with Crippen molar-refractivity contribution < 1.29 is 4.79 Å². The third-order valence-electron chi connectivity index (χ3n) is 4.35. The molecule has 2 N–H and O–H groups in total. The Morgan fingerprint density at radius 2 is 1.88 bits per heavy atom. The summed E-state index contributed by atoms with van der Waals surface area (Å²) in [5.74, 6) is 0. The molecule has 25 heavy (non-hydrogen) atoms. The van der Waals surface area contributed by atoms with Crippen LogP contribution in [0.3, 0.4) is 0 Å². The van der Waals surface area contributed by atoms with Gasteiger partial charge in [0, 0.05) is 23.2 Å². The van der Waals surface area contributed by atoms with Crippen molar-refractivity contribution in [3.8, 4) is 0 Å². The highest BCUT2D eigenvalue weighted by atomic mass is 16.2. The summed E-state index contributed by atoms with van der Waals surface area (Å²) in [6, 6.07) is 15.6. The number of nitrogens with two attached hydrogens (primary N) is 1. The Hall–Kier alpha value is -2.88. The maximum absolute atomic E-state index is 12.2. The quantitative estimate of drug-likeness (QED) is 0.760. The van der Waals surface area contributed by atoms with Crippen molar-refractivity contribution in [2.45, 2.75) is 32.7 Å². The molecule has 1 aromatic heterocycles. The predicted molar refractivity (Wildman–Crippen MR) is 103 cm³/mol. The molecule has 4 nitrogen and oxygen atoms in total. The van der Waals surface area contributed by atoms with Crippen LogP contribution in [0.25, 0.3) is 10.8 Å². The number of hydrogen-bond acceptors (Lipinski definition) is 2. The molecule has 0 unspecified atom stereocenters. The van der Waals surface area contributed by atoms with Crippen molar-refractivity contribution in [1.29, 1.82) is 0 Å². The van der Waals surface area contributed by atoms with E-state index in [0.29, 0.717) is 6.54 Å². The lowest BCUT2D eigenvalue weighted by atomic mass is 9.86. The fourth-order valence-electron chi connectivity index (χ4n) is 2.94. The van der Waals surface area contributed by atoms with Crippen LogP contribution in [-0.2, 0) is 12.0 Å². The molecular weight excluding hydrogens is 310 g/mol. The highest BCUT2D eigenvalue weighted by Gasteiger charge is 2.18. The molecule has 0 radical (unpaired) electrons. The van der Waals surface area contributed by atoms with E-state index in [2.05, 4.69) is 37.9 Å². The number of primary amides is 1. The van der Waals surface area contributed by atoms with E-state index in [-0.39, 0.29) is 5.41 Å². The van der Waals surface area contributed by atoms with Gasteiger partial charge in [-0.15, -0.1) is 0 Å². The van der Waals surface area contributed by atoms with Gasteiger partial charge in [-0.3, -0.25) is 9.88 Å². The van der Waals surface area contributed by atoms with E-state index in [1.165, 1.54) is 5.56 Å². The maximum atomic E-state index is 12.2. The second-order valence-corrected chi connectivity index (χ2v) is 7.25. The molecule has 0 aliphatic heterocycles. The van der Waals surface area contributed by atoms with Gasteiger partial charge in [-0.1, -0.05) is 57.2 Å². The molecule has 0 bridgehead atoms. The van der Waals surface area contributed by atoms with Crippen molar-refractivity contribution in [1.82, 2.24) is 4.98 Å². The number of anilines is 1. The van der Waals surface area contributed by atoms with Crippen LogP contribution in [-0.4, -0.2) is 11.0 Å². The second-order valence-electron chi connectivity index (χ2n) is 7.25. The van der Waals surface area contributed by atoms with Gasteiger partial charge in [0.1, 0.15) is 0 Å². The Morgan fingerprint density at radius 1 is 1.12 bits per heavy atom. The number of nitrogens with zero attached hydrogens (tertiary/aromatic N) is 2. The Balaban J connectivity index is 2.02. The molecule has 0 atom stereocenters. The Kier molecular flexibility index (Phi) is 4.45. The molecule has 0 saturated heterocycles. The van der Waals surface area contributed by atoms with E-state index in [4.69, 9.17) is 5.73 Å². The normalized spacial score (nSPS) is 11.5. The first-order valence-corrected chi connectivity index (χ1v) is 8.35. The first kappa shape index (κ1) is 17.0. The summed E-state index contributed by atoms with van der Waals surface area (Å²) >= 11 is 0. The van der Waals surface area contributed by atoms with Gasteiger partial charge in [0.25, 0.3) is 0 Å². The van der Waals surface area contributed by atoms with Gasteiger partial charge >= 0.3 is 6.03 Å². The largest absolute Gasteiger partial charge is 0.351 e. The predicted octanol–water partition coefficient (Wildman–Crippen LogP) is 4.62. The number of carbonyl (C=O) groups excluding carboxylic acids is 1. The van der Waals surface area contributed by atoms with Crippen LogP contribution in [0.1, 0.15) is 31.9 Å². The van der Waals surface area contributed by atoms with Crippen LogP contribution in [0.5, 0.6) is 0 Å². The number of urea groups is 1. The maximum Gasteiger partial charge on any atom is 0.319 e. The highest BCUT2D eigenvalue weighted by Crippen LogP contribution is 2.28. The zero-order valence-electron chi connectivity index (χ0n) is 14.9. The van der Waals surface area contributed by atoms with Gasteiger partial charge in [-0.05, 0) is 28.7 Å². The molecule has 1 heterocycles. The molecule has 0 spiro atoms. The van der Waals surface area contributed by atoms with Crippen LogP contribution in [0.15, 0.2) is 60.9 Å². The average Bonchev–Trinajstić information content (AvgIpc) is 2.58. The highest BCUT2D eigenvalue weighted by molar-refractivity contribution is 6.02.